The summed E-state index contributed by atoms with van der Waals surface area (Å²) in [6.07, 6.45) is 1.77. The highest BCUT2D eigenvalue weighted by Crippen LogP contribution is 2.32. The smallest absolute Gasteiger partial charge is 0.294 e. The van der Waals surface area contributed by atoms with E-state index in [1.807, 2.05) is 31.2 Å². The van der Waals surface area contributed by atoms with E-state index >= 15 is 0 Å². The summed E-state index contributed by atoms with van der Waals surface area (Å²) >= 11 is 1.01. The van der Waals surface area contributed by atoms with Crippen LogP contribution in [0.2, 0.25) is 0 Å². The van der Waals surface area contributed by atoms with E-state index in [0.29, 0.717) is 18.2 Å². The summed E-state index contributed by atoms with van der Waals surface area (Å²) in [6, 6.07) is 16.0. The van der Waals surface area contributed by atoms with Gasteiger partial charge < -0.3 is 9.64 Å². The third kappa shape index (κ3) is 5.11. The third-order valence-corrected chi connectivity index (χ3v) is 6.35. The number of hydrogen-bond acceptors (Lipinski definition) is 6. The Labute approximate surface area is 187 Å². The maximum atomic E-state index is 12.8. The fraction of sp³-hybridized carbons (Fsp3) is 0.333. The van der Waals surface area contributed by atoms with Crippen molar-refractivity contribution in [3.63, 3.8) is 0 Å². The lowest BCUT2D eigenvalue weighted by molar-refractivity contribution is -0.124. The van der Waals surface area contributed by atoms with Crippen LogP contribution in [-0.4, -0.2) is 60.4 Å². The van der Waals surface area contributed by atoms with Crippen LogP contribution in [0.25, 0.3) is 6.08 Å². The lowest BCUT2D eigenvalue weighted by atomic mass is 10.2. The lowest BCUT2D eigenvalue weighted by Crippen LogP contribution is -2.50. The summed E-state index contributed by atoms with van der Waals surface area (Å²) in [5.41, 5.74) is 3.35. The zero-order valence-corrected chi connectivity index (χ0v) is 18.7. The topological polar surface area (TPSA) is 53.1 Å². The van der Waals surface area contributed by atoms with Crippen molar-refractivity contribution in [2.75, 3.05) is 44.4 Å². The van der Waals surface area contributed by atoms with Gasteiger partial charge in [-0.15, -0.1) is 0 Å². The first-order valence-corrected chi connectivity index (χ1v) is 11.4. The Balaban J connectivity index is 1.35. The molecule has 0 spiro atoms. The van der Waals surface area contributed by atoms with Crippen molar-refractivity contribution in [2.45, 2.75) is 13.8 Å². The van der Waals surface area contributed by atoms with E-state index in [4.69, 9.17) is 4.74 Å². The van der Waals surface area contributed by atoms with Gasteiger partial charge in [-0.1, -0.05) is 24.3 Å². The van der Waals surface area contributed by atoms with Crippen molar-refractivity contribution in [1.82, 2.24) is 9.80 Å². The second-order valence-corrected chi connectivity index (χ2v) is 8.69. The summed E-state index contributed by atoms with van der Waals surface area (Å²) in [5, 5.41) is -0.205. The number of anilines is 1. The monoisotopic (exact) mass is 437 g/mol. The van der Waals surface area contributed by atoms with Crippen LogP contribution in [0, 0.1) is 6.92 Å². The van der Waals surface area contributed by atoms with Gasteiger partial charge in [-0.2, -0.15) is 0 Å². The van der Waals surface area contributed by atoms with E-state index in [1.165, 1.54) is 16.2 Å². The molecule has 31 heavy (non-hydrogen) atoms. The first-order chi connectivity index (χ1) is 15.0. The molecule has 7 heteroatoms. The summed E-state index contributed by atoms with van der Waals surface area (Å²) in [4.78, 5) is 31.7. The van der Waals surface area contributed by atoms with Crippen molar-refractivity contribution in [3.05, 3.63) is 64.6 Å². The molecule has 2 aliphatic heterocycles. The molecule has 2 amide bonds. The highest BCUT2D eigenvalue weighted by molar-refractivity contribution is 8.18. The minimum absolute atomic E-state index is 0.205. The predicted molar refractivity (Wildman–Crippen MR) is 125 cm³/mol. The standard InChI is InChI=1S/C24H27N3O3S/c1-3-30-21-9-7-19(8-10-21)16-22-23(28)27(24(29)31-22)17-25-11-13-26(14-12-25)20-6-4-5-18(2)15-20/h4-10,15-16H,3,11-14,17H2,1-2H3. The molecule has 0 bridgehead atoms. The fourth-order valence-corrected chi connectivity index (χ4v) is 4.60. The van der Waals surface area contributed by atoms with Crippen molar-refractivity contribution in [2.24, 2.45) is 0 Å². The Morgan fingerprint density at radius 3 is 2.45 bits per heavy atom. The van der Waals surface area contributed by atoms with Gasteiger partial charge in [0, 0.05) is 31.9 Å². The number of amides is 2. The highest BCUT2D eigenvalue weighted by atomic mass is 32.2. The molecular formula is C24H27N3O3S. The Morgan fingerprint density at radius 2 is 1.77 bits per heavy atom. The van der Waals surface area contributed by atoms with Gasteiger partial charge in [0.1, 0.15) is 5.75 Å². The number of thioether (sulfide) groups is 1. The largest absolute Gasteiger partial charge is 0.494 e. The number of hydrogen-bond donors (Lipinski definition) is 0. The number of ether oxygens (including phenoxy) is 1. The van der Waals surface area contributed by atoms with Gasteiger partial charge in [-0.05, 0) is 67.1 Å². The number of carbonyl (C=O) groups is 2. The van der Waals surface area contributed by atoms with Gasteiger partial charge in [0.2, 0.25) is 0 Å². The van der Waals surface area contributed by atoms with Gasteiger partial charge in [-0.3, -0.25) is 19.4 Å². The Morgan fingerprint density at radius 1 is 1.03 bits per heavy atom. The zero-order valence-electron chi connectivity index (χ0n) is 17.9. The molecule has 2 aliphatic rings. The molecule has 4 rings (SSSR count). The van der Waals surface area contributed by atoms with Crippen LogP contribution < -0.4 is 9.64 Å². The van der Waals surface area contributed by atoms with E-state index in [9.17, 15) is 9.59 Å². The SMILES string of the molecule is CCOc1ccc(C=C2SC(=O)N(CN3CCN(c4cccc(C)c4)CC3)C2=O)cc1. The minimum atomic E-state index is -0.218. The molecule has 2 heterocycles. The Kier molecular flexibility index (Phi) is 6.63. The number of benzene rings is 2. The van der Waals surface area contributed by atoms with E-state index in [1.54, 1.807) is 6.08 Å². The molecule has 0 unspecified atom stereocenters. The fourth-order valence-electron chi connectivity index (χ4n) is 3.77. The van der Waals surface area contributed by atoms with Gasteiger partial charge >= 0.3 is 0 Å². The molecule has 6 nitrogen and oxygen atoms in total. The van der Waals surface area contributed by atoms with Crippen molar-refractivity contribution < 1.29 is 14.3 Å². The molecule has 0 aliphatic carbocycles. The molecule has 0 radical (unpaired) electrons. The Hall–Kier alpha value is -2.77. The van der Waals surface area contributed by atoms with Crippen LogP contribution in [0.1, 0.15) is 18.1 Å². The lowest BCUT2D eigenvalue weighted by Gasteiger charge is -2.37. The third-order valence-electron chi connectivity index (χ3n) is 5.44. The number of carbonyl (C=O) groups excluding carboxylic acids is 2. The van der Waals surface area contributed by atoms with E-state index in [-0.39, 0.29) is 11.1 Å². The van der Waals surface area contributed by atoms with E-state index in [0.717, 1.165) is 49.3 Å². The molecule has 0 atom stereocenters. The van der Waals surface area contributed by atoms with Crippen LogP contribution in [0.15, 0.2) is 53.4 Å². The molecule has 2 aromatic rings. The van der Waals surface area contributed by atoms with E-state index in [2.05, 4.69) is 41.0 Å². The zero-order chi connectivity index (χ0) is 21.8. The predicted octanol–water partition coefficient (Wildman–Crippen LogP) is 4.21. The summed E-state index contributed by atoms with van der Waals surface area (Å²) in [7, 11) is 0. The second-order valence-electron chi connectivity index (χ2n) is 7.70. The number of piperazine rings is 1. The average molecular weight is 438 g/mol. The molecule has 0 saturated carbocycles. The normalized spacial score (nSPS) is 18.8. The minimum Gasteiger partial charge on any atom is -0.494 e. The number of imide groups is 1. The van der Waals surface area contributed by atoms with Crippen LogP contribution in [0.5, 0.6) is 5.75 Å². The van der Waals surface area contributed by atoms with Crippen LogP contribution in [-0.2, 0) is 4.79 Å². The molecule has 2 fully saturated rings. The molecule has 2 aromatic carbocycles. The molecule has 0 aromatic heterocycles. The number of rotatable bonds is 6. The molecular weight excluding hydrogens is 410 g/mol. The van der Waals surface area contributed by atoms with Crippen molar-refractivity contribution in [1.29, 1.82) is 0 Å². The van der Waals surface area contributed by atoms with Gasteiger partial charge in [0.25, 0.3) is 11.1 Å². The molecule has 2 saturated heterocycles. The maximum absolute atomic E-state index is 12.8. The Bertz CT molecular complexity index is 982. The second kappa shape index (κ2) is 9.58. The van der Waals surface area contributed by atoms with Crippen LogP contribution >= 0.6 is 11.8 Å². The van der Waals surface area contributed by atoms with Crippen molar-refractivity contribution >= 4 is 34.7 Å². The summed E-state index contributed by atoms with van der Waals surface area (Å²) in [6.45, 7) is 8.36. The van der Waals surface area contributed by atoms with Gasteiger partial charge in [0.05, 0.1) is 18.2 Å². The molecule has 0 N–H and O–H groups in total. The molecule has 162 valence electrons. The van der Waals surface area contributed by atoms with Gasteiger partial charge in [-0.25, -0.2) is 0 Å². The number of aryl methyl sites for hydroxylation is 1. The first kappa shape index (κ1) is 21.5. The van der Waals surface area contributed by atoms with Crippen LogP contribution in [0.3, 0.4) is 0 Å². The average Bonchev–Trinajstić information content (AvgIpc) is 3.03. The summed E-state index contributed by atoms with van der Waals surface area (Å²) < 4.78 is 5.45. The maximum Gasteiger partial charge on any atom is 0.294 e. The first-order valence-electron chi connectivity index (χ1n) is 10.6. The summed E-state index contributed by atoms with van der Waals surface area (Å²) in [5.74, 6) is 0.572. The van der Waals surface area contributed by atoms with Crippen LogP contribution in [0.4, 0.5) is 10.5 Å². The van der Waals surface area contributed by atoms with Gasteiger partial charge in [0.15, 0.2) is 0 Å². The van der Waals surface area contributed by atoms with Crippen molar-refractivity contribution in [3.8, 4) is 5.75 Å². The van der Waals surface area contributed by atoms with E-state index < -0.39 is 0 Å². The quantitative estimate of drug-likeness (QED) is 0.631. The highest BCUT2D eigenvalue weighted by Gasteiger charge is 2.36. The number of nitrogens with zero attached hydrogens (tertiary/aromatic N) is 3.